The Hall–Kier alpha value is -1.60. The SMILES string of the molecule is CCCCNC(=S)Nc1ccc(CC#N)cc1. The summed E-state index contributed by atoms with van der Waals surface area (Å²) in [4.78, 5) is 0. The van der Waals surface area contributed by atoms with Gasteiger partial charge in [-0.25, -0.2) is 0 Å². The smallest absolute Gasteiger partial charge is 0.170 e. The lowest BCUT2D eigenvalue weighted by Gasteiger charge is -2.10. The Morgan fingerprint density at radius 3 is 2.65 bits per heavy atom. The lowest BCUT2D eigenvalue weighted by Crippen LogP contribution is -2.29. The zero-order chi connectivity index (χ0) is 12.5. The van der Waals surface area contributed by atoms with Crippen LogP contribution in [0.15, 0.2) is 24.3 Å². The van der Waals surface area contributed by atoms with Crippen molar-refractivity contribution in [2.24, 2.45) is 0 Å². The van der Waals surface area contributed by atoms with Crippen molar-refractivity contribution in [3.63, 3.8) is 0 Å². The minimum Gasteiger partial charge on any atom is -0.362 e. The van der Waals surface area contributed by atoms with E-state index in [-0.39, 0.29) is 0 Å². The predicted molar refractivity (Wildman–Crippen MR) is 74.9 cm³/mol. The van der Waals surface area contributed by atoms with Crippen LogP contribution < -0.4 is 10.6 Å². The fourth-order valence-corrected chi connectivity index (χ4v) is 1.57. The number of benzene rings is 1. The molecule has 0 aromatic heterocycles. The van der Waals surface area contributed by atoms with E-state index in [0.29, 0.717) is 11.5 Å². The average Bonchev–Trinajstić information content (AvgIpc) is 2.32. The second-order valence-corrected chi connectivity index (χ2v) is 4.17. The molecule has 0 spiro atoms. The highest BCUT2D eigenvalue weighted by Gasteiger charge is 1.97. The predicted octanol–water partition coefficient (Wildman–Crippen LogP) is 2.84. The van der Waals surface area contributed by atoms with E-state index in [1.807, 2.05) is 24.3 Å². The highest BCUT2D eigenvalue weighted by atomic mass is 32.1. The Morgan fingerprint density at radius 2 is 2.06 bits per heavy atom. The van der Waals surface area contributed by atoms with Gasteiger partial charge in [0.25, 0.3) is 0 Å². The second kappa shape index (κ2) is 7.64. The van der Waals surface area contributed by atoms with E-state index in [1.54, 1.807) is 0 Å². The van der Waals surface area contributed by atoms with Crippen molar-refractivity contribution in [2.45, 2.75) is 26.2 Å². The third-order valence-electron chi connectivity index (χ3n) is 2.31. The standard InChI is InChI=1S/C13H17N3S/c1-2-3-10-15-13(17)16-12-6-4-11(5-7-12)8-9-14/h4-7H,2-3,8,10H2,1H3,(H2,15,16,17). The van der Waals surface area contributed by atoms with Crippen LogP contribution in [0.25, 0.3) is 0 Å². The van der Waals surface area contributed by atoms with Crippen LogP contribution in [0.3, 0.4) is 0 Å². The summed E-state index contributed by atoms with van der Waals surface area (Å²) in [6, 6.07) is 9.84. The number of anilines is 1. The molecule has 0 fully saturated rings. The molecular formula is C13H17N3S. The zero-order valence-corrected chi connectivity index (χ0v) is 10.8. The molecule has 1 aromatic carbocycles. The van der Waals surface area contributed by atoms with Crippen molar-refractivity contribution >= 4 is 23.0 Å². The van der Waals surface area contributed by atoms with E-state index in [9.17, 15) is 0 Å². The monoisotopic (exact) mass is 247 g/mol. The van der Waals surface area contributed by atoms with Crippen molar-refractivity contribution in [3.05, 3.63) is 29.8 Å². The first-order chi connectivity index (χ1) is 8.26. The van der Waals surface area contributed by atoms with Gasteiger partial charge in [0.15, 0.2) is 5.11 Å². The van der Waals surface area contributed by atoms with Crippen LogP contribution in [0.1, 0.15) is 25.3 Å². The molecule has 2 N–H and O–H groups in total. The first-order valence-electron chi connectivity index (χ1n) is 5.77. The number of thiocarbonyl (C=S) groups is 1. The van der Waals surface area contributed by atoms with Gasteiger partial charge in [-0.3, -0.25) is 0 Å². The molecule has 0 amide bonds. The molecule has 0 heterocycles. The Labute approximate surface area is 108 Å². The molecule has 17 heavy (non-hydrogen) atoms. The topological polar surface area (TPSA) is 47.8 Å². The van der Waals surface area contributed by atoms with Gasteiger partial charge in [0.05, 0.1) is 12.5 Å². The summed E-state index contributed by atoms with van der Waals surface area (Å²) in [5.41, 5.74) is 1.96. The Balaban J connectivity index is 2.41. The Morgan fingerprint density at radius 1 is 1.35 bits per heavy atom. The number of nitrogens with one attached hydrogen (secondary N) is 2. The van der Waals surface area contributed by atoms with Gasteiger partial charge in [-0.05, 0) is 36.3 Å². The molecule has 1 aromatic rings. The van der Waals surface area contributed by atoms with Gasteiger partial charge in [0, 0.05) is 12.2 Å². The summed E-state index contributed by atoms with van der Waals surface area (Å²) >= 11 is 5.16. The Bertz CT molecular complexity index is 392. The lowest BCUT2D eigenvalue weighted by atomic mass is 10.1. The summed E-state index contributed by atoms with van der Waals surface area (Å²) in [6.07, 6.45) is 2.71. The summed E-state index contributed by atoms with van der Waals surface area (Å²) in [6.45, 7) is 3.04. The minimum absolute atomic E-state index is 0.444. The van der Waals surface area contributed by atoms with Crippen molar-refractivity contribution in [3.8, 4) is 6.07 Å². The first-order valence-corrected chi connectivity index (χ1v) is 6.18. The first kappa shape index (κ1) is 13.5. The van der Waals surface area contributed by atoms with Crippen molar-refractivity contribution in [2.75, 3.05) is 11.9 Å². The van der Waals surface area contributed by atoms with Crippen LogP contribution in [0.2, 0.25) is 0 Å². The van der Waals surface area contributed by atoms with Crippen molar-refractivity contribution < 1.29 is 0 Å². The zero-order valence-electron chi connectivity index (χ0n) is 9.99. The molecule has 0 aliphatic heterocycles. The third kappa shape index (κ3) is 5.32. The molecule has 3 nitrogen and oxygen atoms in total. The number of rotatable bonds is 5. The molecule has 4 heteroatoms. The minimum atomic E-state index is 0.444. The van der Waals surface area contributed by atoms with Crippen molar-refractivity contribution in [1.82, 2.24) is 5.32 Å². The summed E-state index contributed by atoms with van der Waals surface area (Å²) < 4.78 is 0. The van der Waals surface area contributed by atoms with E-state index >= 15 is 0 Å². The summed E-state index contributed by atoms with van der Waals surface area (Å²) in [7, 11) is 0. The molecular weight excluding hydrogens is 230 g/mol. The third-order valence-corrected chi connectivity index (χ3v) is 2.56. The van der Waals surface area contributed by atoms with E-state index < -0.39 is 0 Å². The van der Waals surface area contributed by atoms with Gasteiger partial charge in [0.1, 0.15) is 0 Å². The molecule has 0 saturated carbocycles. The molecule has 1 rings (SSSR count). The maximum Gasteiger partial charge on any atom is 0.170 e. The average molecular weight is 247 g/mol. The van der Waals surface area contributed by atoms with E-state index in [4.69, 9.17) is 17.5 Å². The highest BCUT2D eigenvalue weighted by Crippen LogP contribution is 2.09. The number of unbranched alkanes of at least 4 members (excludes halogenated alkanes) is 1. The van der Waals surface area contributed by atoms with Crippen LogP contribution in [0, 0.1) is 11.3 Å². The maximum atomic E-state index is 8.56. The summed E-state index contributed by atoms with van der Waals surface area (Å²) in [5, 5.41) is 15.5. The van der Waals surface area contributed by atoms with Gasteiger partial charge in [0.2, 0.25) is 0 Å². The number of nitrogens with zero attached hydrogens (tertiary/aromatic N) is 1. The molecule has 0 aliphatic rings. The van der Waals surface area contributed by atoms with E-state index in [1.165, 1.54) is 0 Å². The van der Waals surface area contributed by atoms with Crippen LogP contribution >= 0.6 is 12.2 Å². The van der Waals surface area contributed by atoms with Crippen molar-refractivity contribution in [1.29, 1.82) is 5.26 Å². The Kier molecular flexibility index (Phi) is 6.05. The van der Waals surface area contributed by atoms with Gasteiger partial charge >= 0.3 is 0 Å². The highest BCUT2D eigenvalue weighted by molar-refractivity contribution is 7.80. The van der Waals surface area contributed by atoms with Gasteiger partial charge in [-0.2, -0.15) is 5.26 Å². The van der Waals surface area contributed by atoms with Gasteiger partial charge in [-0.1, -0.05) is 25.5 Å². The maximum absolute atomic E-state index is 8.56. The fourth-order valence-electron chi connectivity index (χ4n) is 1.35. The van der Waals surface area contributed by atoms with Crippen LogP contribution in [0.5, 0.6) is 0 Å². The molecule has 90 valence electrons. The second-order valence-electron chi connectivity index (χ2n) is 3.77. The number of hydrogen-bond donors (Lipinski definition) is 2. The fraction of sp³-hybridized carbons (Fsp3) is 0.385. The number of hydrogen-bond acceptors (Lipinski definition) is 2. The molecule has 0 unspecified atom stereocenters. The molecule has 0 bridgehead atoms. The van der Waals surface area contributed by atoms with Crippen LogP contribution in [-0.2, 0) is 6.42 Å². The molecule has 0 aliphatic carbocycles. The molecule has 0 atom stereocenters. The van der Waals surface area contributed by atoms with Gasteiger partial charge in [-0.15, -0.1) is 0 Å². The van der Waals surface area contributed by atoms with Crippen LogP contribution in [-0.4, -0.2) is 11.7 Å². The van der Waals surface area contributed by atoms with E-state index in [0.717, 1.165) is 30.6 Å². The van der Waals surface area contributed by atoms with E-state index in [2.05, 4.69) is 23.6 Å². The summed E-state index contributed by atoms with van der Waals surface area (Å²) in [5.74, 6) is 0. The quantitative estimate of drug-likeness (QED) is 0.620. The normalized spacial score (nSPS) is 9.41. The largest absolute Gasteiger partial charge is 0.362 e. The van der Waals surface area contributed by atoms with Crippen LogP contribution in [0.4, 0.5) is 5.69 Å². The lowest BCUT2D eigenvalue weighted by molar-refractivity contribution is 0.758. The molecule has 0 saturated heterocycles. The molecule has 0 radical (unpaired) electrons. The van der Waals surface area contributed by atoms with Gasteiger partial charge < -0.3 is 10.6 Å². The number of nitriles is 1.